The third-order valence-electron chi connectivity index (χ3n) is 1.71. The maximum atomic E-state index is 10.4. The quantitative estimate of drug-likeness (QED) is 0.694. The molecule has 0 spiro atoms. The Morgan fingerprint density at radius 3 is 2.47 bits per heavy atom. The van der Waals surface area contributed by atoms with Crippen molar-refractivity contribution in [1.82, 2.24) is 4.98 Å². The van der Waals surface area contributed by atoms with Gasteiger partial charge in [0.25, 0.3) is 0 Å². The SMILES string of the molecule is O=C(O)C(O)C(O)c1cnc(Cl)c(Cl)c1. The lowest BCUT2D eigenvalue weighted by atomic mass is 10.1. The molecule has 1 heterocycles. The van der Waals surface area contributed by atoms with Crippen LogP contribution in [-0.4, -0.2) is 32.4 Å². The number of nitrogens with zero attached hydrogens (tertiary/aromatic N) is 1. The number of hydrogen-bond acceptors (Lipinski definition) is 4. The molecule has 0 aliphatic rings. The summed E-state index contributed by atoms with van der Waals surface area (Å²) in [5, 5.41) is 27.0. The average Bonchev–Trinajstić information content (AvgIpc) is 2.19. The molecule has 15 heavy (non-hydrogen) atoms. The number of aliphatic hydroxyl groups is 2. The Morgan fingerprint density at radius 1 is 1.40 bits per heavy atom. The predicted octanol–water partition coefficient (Wildman–Crippen LogP) is 0.867. The number of halogens is 2. The van der Waals surface area contributed by atoms with Crippen molar-refractivity contribution in [1.29, 1.82) is 0 Å². The largest absolute Gasteiger partial charge is 0.479 e. The number of rotatable bonds is 3. The van der Waals surface area contributed by atoms with Gasteiger partial charge in [0.2, 0.25) is 0 Å². The summed E-state index contributed by atoms with van der Waals surface area (Å²) >= 11 is 11.1. The molecule has 1 rings (SSSR count). The number of aliphatic hydroxyl groups excluding tert-OH is 2. The highest BCUT2D eigenvalue weighted by Gasteiger charge is 2.25. The van der Waals surface area contributed by atoms with Crippen LogP contribution in [0.5, 0.6) is 0 Å². The van der Waals surface area contributed by atoms with Gasteiger partial charge < -0.3 is 15.3 Å². The molecule has 0 bridgehead atoms. The number of carbonyl (C=O) groups is 1. The Hall–Kier alpha value is -0.880. The second-order valence-corrected chi connectivity index (χ2v) is 3.53. The molecule has 82 valence electrons. The van der Waals surface area contributed by atoms with E-state index in [0.29, 0.717) is 0 Å². The van der Waals surface area contributed by atoms with E-state index in [4.69, 9.17) is 33.4 Å². The van der Waals surface area contributed by atoms with Gasteiger partial charge in [-0.1, -0.05) is 23.2 Å². The summed E-state index contributed by atoms with van der Waals surface area (Å²) in [5.74, 6) is -1.53. The molecule has 2 unspecified atom stereocenters. The first-order chi connectivity index (χ1) is 6.93. The number of pyridine rings is 1. The number of carboxylic acid groups (broad SMARTS) is 1. The average molecular weight is 252 g/mol. The third-order valence-corrected chi connectivity index (χ3v) is 2.40. The minimum Gasteiger partial charge on any atom is -0.479 e. The molecule has 7 heteroatoms. The van der Waals surface area contributed by atoms with E-state index in [1.165, 1.54) is 6.07 Å². The van der Waals surface area contributed by atoms with Gasteiger partial charge >= 0.3 is 5.97 Å². The first-order valence-electron chi connectivity index (χ1n) is 3.83. The van der Waals surface area contributed by atoms with Crippen molar-refractivity contribution in [3.05, 3.63) is 28.0 Å². The van der Waals surface area contributed by atoms with Gasteiger partial charge in [-0.25, -0.2) is 9.78 Å². The molecule has 1 aromatic heterocycles. The molecule has 0 amide bonds. The van der Waals surface area contributed by atoms with Crippen LogP contribution in [0.2, 0.25) is 10.2 Å². The van der Waals surface area contributed by atoms with Crippen molar-refractivity contribution in [3.63, 3.8) is 0 Å². The van der Waals surface area contributed by atoms with Crippen LogP contribution in [0.1, 0.15) is 11.7 Å². The van der Waals surface area contributed by atoms with Crippen LogP contribution in [0.15, 0.2) is 12.3 Å². The van der Waals surface area contributed by atoms with Crippen LogP contribution in [0.3, 0.4) is 0 Å². The van der Waals surface area contributed by atoms with Crippen molar-refractivity contribution in [2.45, 2.75) is 12.2 Å². The lowest BCUT2D eigenvalue weighted by Gasteiger charge is -2.14. The van der Waals surface area contributed by atoms with Crippen LogP contribution in [-0.2, 0) is 4.79 Å². The molecule has 0 saturated carbocycles. The summed E-state index contributed by atoms with van der Waals surface area (Å²) < 4.78 is 0. The van der Waals surface area contributed by atoms with Crippen LogP contribution in [0, 0.1) is 0 Å². The van der Waals surface area contributed by atoms with Gasteiger partial charge in [-0.3, -0.25) is 0 Å². The van der Waals surface area contributed by atoms with Gasteiger partial charge in [0.15, 0.2) is 6.10 Å². The normalized spacial score (nSPS) is 14.7. The third kappa shape index (κ3) is 2.79. The van der Waals surface area contributed by atoms with E-state index in [1.54, 1.807) is 0 Å². The first kappa shape index (κ1) is 12.2. The van der Waals surface area contributed by atoms with E-state index in [2.05, 4.69) is 4.98 Å². The molecule has 2 atom stereocenters. The van der Waals surface area contributed by atoms with Gasteiger partial charge in [0, 0.05) is 11.8 Å². The zero-order chi connectivity index (χ0) is 11.6. The summed E-state index contributed by atoms with van der Waals surface area (Å²) in [4.78, 5) is 14.0. The summed E-state index contributed by atoms with van der Waals surface area (Å²) in [7, 11) is 0. The Morgan fingerprint density at radius 2 is 2.00 bits per heavy atom. The second-order valence-electron chi connectivity index (χ2n) is 2.77. The van der Waals surface area contributed by atoms with Gasteiger partial charge in [0.05, 0.1) is 5.02 Å². The number of aromatic nitrogens is 1. The van der Waals surface area contributed by atoms with E-state index >= 15 is 0 Å². The van der Waals surface area contributed by atoms with Gasteiger partial charge in [-0.15, -0.1) is 0 Å². The molecule has 0 fully saturated rings. The molecule has 1 aromatic rings. The highest BCUT2D eigenvalue weighted by Crippen LogP contribution is 2.24. The number of hydrogen-bond donors (Lipinski definition) is 3. The molecule has 3 N–H and O–H groups in total. The fourth-order valence-corrected chi connectivity index (χ4v) is 1.19. The summed E-state index contributed by atoms with van der Waals surface area (Å²) in [6.07, 6.45) is -2.38. The zero-order valence-electron chi connectivity index (χ0n) is 7.26. The maximum Gasteiger partial charge on any atom is 0.335 e. The number of carboxylic acids is 1. The molecule has 5 nitrogen and oxygen atoms in total. The van der Waals surface area contributed by atoms with Crippen LogP contribution in [0.25, 0.3) is 0 Å². The molecular weight excluding hydrogens is 245 g/mol. The number of aliphatic carboxylic acids is 1. The smallest absolute Gasteiger partial charge is 0.335 e. The minimum atomic E-state index is -1.93. The van der Waals surface area contributed by atoms with Gasteiger partial charge in [-0.2, -0.15) is 0 Å². The van der Waals surface area contributed by atoms with Crippen molar-refractivity contribution < 1.29 is 20.1 Å². The molecule has 0 aromatic carbocycles. The topological polar surface area (TPSA) is 90.7 Å². The molecular formula is C8H7Cl2NO4. The highest BCUT2D eigenvalue weighted by atomic mass is 35.5. The van der Waals surface area contributed by atoms with Crippen LogP contribution in [0.4, 0.5) is 0 Å². The second kappa shape index (κ2) is 4.76. The Bertz CT molecular complexity index is 385. The van der Waals surface area contributed by atoms with Crippen molar-refractivity contribution in [3.8, 4) is 0 Å². The summed E-state index contributed by atoms with van der Waals surface area (Å²) in [5.41, 5.74) is 0.0827. The first-order valence-corrected chi connectivity index (χ1v) is 4.59. The lowest BCUT2D eigenvalue weighted by Crippen LogP contribution is -2.27. The minimum absolute atomic E-state index is 0.0393. The van der Waals surface area contributed by atoms with E-state index in [-0.39, 0.29) is 15.7 Å². The zero-order valence-corrected chi connectivity index (χ0v) is 8.77. The van der Waals surface area contributed by atoms with E-state index in [9.17, 15) is 9.90 Å². The standard InChI is InChI=1S/C8H7Cl2NO4/c9-4-1-3(2-11-7(4)10)5(12)6(13)8(14)15/h1-2,5-6,12-13H,(H,14,15). The van der Waals surface area contributed by atoms with Gasteiger partial charge in [-0.05, 0) is 6.07 Å². The van der Waals surface area contributed by atoms with Crippen LogP contribution >= 0.6 is 23.2 Å². The van der Waals surface area contributed by atoms with Crippen molar-refractivity contribution in [2.24, 2.45) is 0 Å². The predicted molar refractivity (Wildman–Crippen MR) is 52.9 cm³/mol. The summed E-state index contributed by atoms with van der Waals surface area (Å²) in [6.45, 7) is 0. The fourth-order valence-electron chi connectivity index (χ4n) is 0.915. The van der Waals surface area contributed by atoms with E-state index in [1.807, 2.05) is 0 Å². The van der Waals surface area contributed by atoms with Gasteiger partial charge in [0.1, 0.15) is 11.3 Å². The molecule has 0 aliphatic carbocycles. The lowest BCUT2D eigenvalue weighted by molar-refractivity contribution is -0.153. The van der Waals surface area contributed by atoms with Crippen LogP contribution < -0.4 is 0 Å². The molecule has 0 aliphatic heterocycles. The van der Waals surface area contributed by atoms with E-state index in [0.717, 1.165) is 6.20 Å². The molecule has 0 saturated heterocycles. The van der Waals surface area contributed by atoms with Crippen molar-refractivity contribution >= 4 is 29.2 Å². The summed E-state index contributed by atoms with van der Waals surface area (Å²) in [6, 6.07) is 1.24. The fraction of sp³-hybridized carbons (Fsp3) is 0.250. The Labute approximate surface area is 94.9 Å². The van der Waals surface area contributed by atoms with Crippen molar-refractivity contribution in [2.75, 3.05) is 0 Å². The highest BCUT2D eigenvalue weighted by molar-refractivity contribution is 6.41. The Balaban J connectivity index is 2.96. The van der Waals surface area contributed by atoms with E-state index < -0.39 is 18.2 Å². The Kier molecular flexibility index (Phi) is 3.87. The molecule has 0 radical (unpaired) electrons. The monoisotopic (exact) mass is 251 g/mol. The maximum absolute atomic E-state index is 10.4.